The summed E-state index contributed by atoms with van der Waals surface area (Å²) in [6.07, 6.45) is 2.68. The van der Waals surface area contributed by atoms with Crippen LogP contribution in [0.4, 0.5) is 17.6 Å². The van der Waals surface area contributed by atoms with E-state index >= 15 is 4.39 Å². The standard InChI is InChI=1S/C42H41F4N7O5/c1-41(2,37(40(56)57-4)25-8-7-9-28(17-25)42(44,45)46)50-38(54)34(16-24-21-48-51(3)23-24)52-14-13-30-29(11-12-32(43)36(30)39(52)55)31-18-27-22-49-53(33(27)19-26(31)20-47)35-10-5-6-15-58-35/h7-9,11-12,17-19,21-23,34-35,37H,5-6,10,13-16H2,1-4H3,(H,50,54)/t34-,35?,37?/m1/s1. The Morgan fingerprint density at radius 1 is 1.09 bits per heavy atom. The van der Waals surface area contributed by atoms with Gasteiger partial charge in [-0.05, 0) is 86.1 Å². The van der Waals surface area contributed by atoms with Crippen molar-refractivity contribution in [3.63, 3.8) is 0 Å². The average molecular weight is 800 g/mol. The molecule has 58 heavy (non-hydrogen) atoms. The number of alkyl halides is 3. The molecule has 0 saturated carbocycles. The number of hydrogen-bond acceptors (Lipinski definition) is 8. The minimum absolute atomic E-state index is 0.0315. The Balaban J connectivity index is 1.24. The number of hydrogen-bond donors (Lipinski definition) is 1. The van der Waals surface area contributed by atoms with Gasteiger partial charge in [-0.1, -0.05) is 24.3 Å². The molecule has 1 N–H and O–H groups in total. The molecule has 0 radical (unpaired) electrons. The quantitative estimate of drug-likeness (QED) is 0.123. The number of amides is 2. The summed E-state index contributed by atoms with van der Waals surface area (Å²) in [5, 5.41) is 22.6. The van der Waals surface area contributed by atoms with E-state index in [0.717, 1.165) is 50.0 Å². The van der Waals surface area contributed by atoms with Crippen LogP contribution >= 0.6 is 0 Å². The molecule has 16 heteroatoms. The molecule has 302 valence electrons. The second-order valence-electron chi connectivity index (χ2n) is 15.2. The van der Waals surface area contributed by atoms with Crippen LogP contribution in [-0.2, 0) is 45.1 Å². The first-order valence-corrected chi connectivity index (χ1v) is 18.8. The van der Waals surface area contributed by atoms with Crippen LogP contribution in [0, 0.1) is 17.1 Å². The van der Waals surface area contributed by atoms with Gasteiger partial charge in [-0.3, -0.25) is 19.1 Å². The Bertz CT molecular complexity index is 2440. The molecule has 4 heterocycles. The number of nitrogens with one attached hydrogen (secondary N) is 1. The summed E-state index contributed by atoms with van der Waals surface area (Å²) in [5.74, 6) is -4.61. The molecule has 1 fully saturated rings. The van der Waals surface area contributed by atoms with Crippen molar-refractivity contribution in [3.8, 4) is 17.2 Å². The van der Waals surface area contributed by atoms with Gasteiger partial charge in [0.25, 0.3) is 5.91 Å². The van der Waals surface area contributed by atoms with Crippen molar-refractivity contribution in [2.45, 2.75) is 75.9 Å². The van der Waals surface area contributed by atoms with E-state index in [2.05, 4.69) is 21.6 Å². The minimum Gasteiger partial charge on any atom is -0.468 e. The predicted octanol–water partition coefficient (Wildman–Crippen LogP) is 6.63. The van der Waals surface area contributed by atoms with Crippen LogP contribution in [0.1, 0.15) is 83.4 Å². The highest BCUT2D eigenvalue weighted by molar-refractivity contribution is 6.02. The Labute approximate surface area is 331 Å². The second-order valence-corrected chi connectivity index (χ2v) is 15.2. The van der Waals surface area contributed by atoms with Crippen LogP contribution in [-0.4, -0.2) is 74.1 Å². The lowest BCUT2D eigenvalue weighted by molar-refractivity contribution is -0.145. The van der Waals surface area contributed by atoms with Crippen LogP contribution in [0.3, 0.4) is 0 Å². The number of nitriles is 1. The molecule has 2 unspecified atom stereocenters. The van der Waals surface area contributed by atoms with E-state index < -0.39 is 52.8 Å². The summed E-state index contributed by atoms with van der Waals surface area (Å²) in [6.45, 7) is 3.53. The molecular formula is C42H41F4N7O5. The van der Waals surface area contributed by atoms with Gasteiger partial charge < -0.3 is 19.7 Å². The van der Waals surface area contributed by atoms with Gasteiger partial charge in [-0.25, -0.2) is 9.07 Å². The first-order chi connectivity index (χ1) is 27.6. The van der Waals surface area contributed by atoms with Crippen LogP contribution in [0.25, 0.3) is 22.0 Å². The zero-order chi connectivity index (χ0) is 41.5. The Kier molecular flexibility index (Phi) is 10.9. The third kappa shape index (κ3) is 7.66. The van der Waals surface area contributed by atoms with Crippen LogP contribution < -0.4 is 5.32 Å². The highest BCUT2D eigenvalue weighted by Gasteiger charge is 2.44. The molecule has 2 amide bonds. The van der Waals surface area contributed by atoms with Gasteiger partial charge in [0.05, 0.1) is 53.3 Å². The number of fused-ring (bicyclic) bond motifs is 2. The number of halogens is 4. The van der Waals surface area contributed by atoms with E-state index in [-0.39, 0.29) is 36.7 Å². The molecule has 3 aromatic carbocycles. The van der Waals surface area contributed by atoms with Gasteiger partial charge in [0.1, 0.15) is 17.8 Å². The van der Waals surface area contributed by atoms with Gasteiger partial charge in [0, 0.05) is 43.8 Å². The van der Waals surface area contributed by atoms with Crippen LogP contribution in [0.5, 0.6) is 0 Å². The van der Waals surface area contributed by atoms with E-state index in [9.17, 15) is 32.8 Å². The zero-order valence-electron chi connectivity index (χ0n) is 32.3. The van der Waals surface area contributed by atoms with E-state index in [0.29, 0.717) is 39.9 Å². The number of aryl methyl sites for hydroxylation is 1. The number of rotatable bonds is 10. The van der Waals surface area contributed by atoms with Crippen molar-refractivity contribution in [2.24, 2.45) is 7.05 Å². The summed E-state index contributed by atoms with van der Waals surface area (Å²) in [6, 6.07) is 11.4. The molecule has 7 rings (SSSR count). The molecular weight excluding hydrogens is 758 g/mol. The van der Waals surface area contributed by atoms with E-state index in [1.54, 1.807) is 36.3 Å². The lowest BCUT2D eigenvalue weighted by Crippen LogP contribution is -2.59. The number of methoxy groups -OCH3 is 1. The normalized spacial score (nSPS) is 17.1. The molecule has 0 bridgehead atoms. The lowest BCUT2D eigenvalue weighted by Gasteiger charge is -2.39. The van der Waals surface area contributed by atoms with Gasteiger partial charge >= 0.3 is 12.1 Å². The number of nitrogens with zero attached hydrogens (tertiary/aromatic N) is 6. The van der Waals surface area contributed by atoms with Gasteiger partial charge in [0.15, 0.2) is 6.23 Å². The van der Waals surface area contributed by atoms with Crippen LogP contribution in [0.15, 0.2) is 67.1 Å². The SMILES string of the molecule is COC(=O)C(c1cccc(C(F)(F)F)c1)C(C)(C)NC(=O)[C@@H](Cc1cnn(C)c1)N1CCc2c(-c3cc4cnn(C5CCCCO5)c4cc3C#N)ccc(F)c2C1=O. The van der Waals surface area contributed by atoms with Crippen molar-refractivity contribution in [2.75, 3.05) is 20.3 Å². The molecule has 1 saturated heterocycles. The predicted molar refractivity (Wildman–Crippen MR) is 203 cm³/mol. The fourth-order valence-electron chi connectivity index (χ4n) is 8.17. The van der Waals surface area contributed by atoms with E-state index in [1.165, 1.54) is 47.8 Å². The number of ether oxygens (including phenoxy) is 2. The fraction of sp³-hybridized carbons (Fsp3) is 0.381. The lowest BCUT2D eigenvalue weighted by atomic mass is 9.80. The van der Waals surface area contributed by atoms with Crippen molar-refractivity contribution >= 4 is 28.7 Å². The van der Waals surface area contributed by atoms with Gasteiger partial charge in [0.2, 0.25) is 5.91 Å². The average Bonchev–Trinajstić information content (AvgIpc) is 3.81. The molecule has 2 aromatic heterocycles. The fourth-order valence-corrected chi connectivity index (χ4v) is 8.17. The number of aromatic nitrogens is 4. The molecule has 12 nitrogen and oxygen atoms in total. The maximum absolute atomic E-state index is 16.0. The molecule has 5 aromatic rings. The first kappa shape index (κ1) is 40.1. The third-order valence-electron chi connectivity index (χ3n) is 10.9. The number of esters is 1. The maximum atomic E-state index is 16.0. The van der Waals surface area contributed by atoms with E-state index in [4.69, 9.17) is 9.47 Å². The Morgan fingerprint density at radius 2 is 1.88 bits per heavy atom. The smallest absolute Gasteiger partial charge is 0.416 e. The number of carbonyl (C=O) groups is 3. The molecule has 3 atom stereocenters. The third-order valence-corrected chi connectivity index (χ3v) is 10.9. The number of carbonyl (C=O) groups excluding carboxylic acids is 3. The summed E-state index contributed by atoms with van der Waals surface area (Å²) in [4.78, 5) is 43.5. The summed E-state index contributed by atoms with van der Waals surface area (Å²) in [5.41, 5.74) is 0.0911. The summed E-state index contributed by atoms with van der Waals surface area (Å²) >= 11 is 0. The van der Waals surface area contributed by atoms with E-state index in [1.807, 2.05) is 0 Å². The minimum atomic E-state index is -4.70. The molecule has 0 aliphatic carbocycles. The highest BCUT2D eigenvalue weighted by atomic mass is 19.4. The Hall–Kier alpha value is -6.08. The topological polar surface area (TPSA) is 144 Å². The van der Waals surface area contributed by atoms with Crippen molar-refractivity contribution in [1.29, 1.82) is 5.26 Å². The molecule has 2 aliphatic rings. The van der Waals surface area contributed by atoms with Gasteiger partial charge in [-0.2, -0.15) is 28.6 Å². The van der Waals surface area contributed by atoms with Crippen molar-refractivity contribution in [1.82, 2.24) is 29.8 Å². The van der Waals surface area contributed by atoms with Gasteiger partial charge in [-0.15, -0.1) is 0 Å². The largest absolute Gasteiger partial charge is 0.468 e. The summed E-state index contributed by atoms with van der Waals surface area (Å²) in [7, 11) is 2.77. The van der Waals surface area contributed by atoms with Crippen LogP contribution in [0.2, 0.25) is 0 Å². The second kappa shape index (κ2) is 15.7. The monoisotopic (exact) mass is 799 g/mol. The first-order valence-electron chi connectivity index (χ1n) is 18.8. The molecule has 0 spiro atoms. The molecule has 2 aliphatic heterocycles. The summed E-state index contributed by atoms with van der Waals surface area (Å²) < 4.78 is 71.3. The Morgan fingerprint density at radius 3 is 2.55 bits per heavy atom. The van der Waals surface area contributed by atoms with Crippen molar-refractivity contribution < 1.29 is 41.4 Å². The zero-order valence-corrected chi connectivity index (χ0v) is 32.3. The maximum Gasteiger partial charge on any atom is 0.416 e. The highest BCUT2D eigenvalue weighted by Crippen LogP contribution is 2.39. The van der Waals surface area contributed by atoms with Crippen molar-refractivity contribution in [3.05, 3.63) is 106 Å². The number of benzene rings is 3.